The summed E-state index contributed by atoms with van der Waals surface area (Å²) < 4.78 is 1.00. The highest BCUT2D eigenvalue weighted by atomic mass is 79.9. The third-order valence-electron chi connectivity index (χ3n) is 3.32. The molecule has 1 fully saturated rings. The maximum absolute atomic E-state index is 11.2. The molecule has 18 heavy (non-hydrogen) atoms. The van der Waals surface area contributed by atoms with Crippen molar-refractivity contribution in [1.82, 2.24) is 4.98 Å². The highest BCUT2D eigenvalue weighted by molar-refractivity contribution is 9.10. The minimum atomic E-state index is 0.683. The molecule has 0 N–H and O–H groups in total. The number of halogens is 1. The third-order valence-corrected chi connectivity index (χ3v) is 3.81. The number of nitrogens with zero attached hydrogens (tertiary/aromatic N) is 2. The first-order valence-electron chi connectivity index (χ1n) is 6.08. The van der Waals surface area contributed by atoms with Crippen LogP contribution in [0.3, 0.4) is 0 Å². The van der Waals surface area contributed by atoms with Crippen LogP contribution in [-0.2, 0) is 0 Å². The molecule has 1 aliphatic rings. The van der Waals surface area contributed by atoms with Gasteiger partial charge in [0, 0.05) is 22.9 Å². The zero-order chi connectivity index (χ0) is 12.5. The monoisotopic (exact) mass is 304 g/mol. The molecule has 0 amide bonds. The molecule has 1 aromatic carbocycles. The molecule has 0 aliphatic carbocycles. The van der Waals surface area contributed by atoms with Crippen molar-refractivity contribution in [3.05, 3.63) is 34.3 Å². The molecule has 3 rings (SSSR count). The number of carbonyl (C=O) groups is 1. The minimum absolute atomic E-state index is 0.683. The second kappa shape index (κ2) is 4.69. The molecule has 1 aliphatic heterocycles. The number of benzene rings is 1. The number of fused-ring (bicyclic) bond motifs is 1. The molecule has 4 heteroatoms. The molecule has 92 valence electrons. The van der Waals surface area contributed by atoms with Crippen LogP contribution >= 0.6 is 15.9 Å². The van der Waals surface area contributed by atoms with Crippen LogP contribution in [0.25, 0.3) is 10.9 Å². The van der Waals surface area contributed by atoms with E-state index in [-0.39, 0.29) is 0 Å². The van der Waals surface area contributed by atoms with Gasteiger partial charge in [0.1, 0.15) is 5.82 Å². The Bertz CT molecular complexity index is 606. The van der Waals surface area contributed by atoms with E-state index in [1.54, 1.807) is 0 Å². The maximum Gasteiger partial charge on any atom is 0.153 e. The summed E-state index contributed by atoms with van der Waals surface area (Å²) >= 11 is 3.44. The Morgan fingerprint density at radius 3 is 2.72 bits per heavy atom. The Labute approximate surface area is 114 Å². The van der Waals surface area contributed by atoms with Crippen LogP contribution in [0, 0.1) is 0 Å². The molecule has 1 saturated heterocycles. The van der Waals surface area contributed by atoms with Crippen LogP contribution < -0.4 is 4.90 Å². The van der Waals surface area contributed by atoms with Crippen LogP contribution in [0.15, 0.2) is 28.7 Å². The molecule has 0 unspecified atom stereocenters. The van der Waals surface area contributed by atoms with Crippen LogP contribution in [-0.4, -0.2) is 24.4 Å². The second-order valence-corrected chi connectivity index (χ2v) is 5.47. The van der Waals surface area contributed by atoms with Gasteiger partial charge in [-0.3, -0.25) is 4.79 Å². The number of aromatic nitrogens is 1. The van der Waals surface area contributed by atoms with Gasteiger partial charge < -0.3 is 4.90 Å². The lowest BCUT2D eigenvalue weighted by Crippen LogP contribution is -2.20. The summed E-state index contributed by atoms with van der Waals surface area (Å²) in [6.07, 6.45) is 3.26. The van der Waals surface area contributed by atoms with Crippen molar-refractivity contribution in [3.8, 4) is 0 Å². The van der Waals surface area contributed by atoms with Gasteiger partial charge in [-0.15, -0.1) is 0 Å². The lowest BCUT2D eigenvalue weighted by molar-refractivity contribution is 0.112. The van der Waals surface area contributed by atoms with Crippen molar-refractivity contribution in [2.24, 2.45) is 0 Å². The van der Waals surface area contributed by atoms with Gasteiger partial charge in [0.15, 0.2) is 6.29 Å². The van der Waals surface area contributed by atoms with Gasteiger partial charge in [-0.2, -0.15) is 0 Å². The minimum Gasteiger partial charge on any atom is -0.356 e. The summed E-state index contributed by atoms with van der Waals surface area (Å²) in [5.74, 6) is 0.831. The van der Waals surface area contributed by atoms with E-state index in [9.17, 15) is 4.79 Å². The van der Waals surface area contributed by atoms with Crippen molar-refractivity contribution >= 4 is 38.9 Å². The van der Waals surface area contributed by atoms with E-state index < -0.39 is 0 Å². The summed E-state index contributed by atoms with van der Waals surface area (Å²) in [7, 11) is 0. The van der Waals surface area contributed by atoms with Gasteiger partial charge in [-0.05, 0) is 37.1 Å². The Hall–Kier alpha value is -1.42. The van der Waals surface area contributed by atoms with Gasteiger partial charge in [0.05, 0.1) is 11.1 Å². The quantitative estimate of drug-likeness (QED) is 0.797. The van der Waals surface area contributed by atoms with Gasteiger partial charge >= 0.3 is 0 Å². The van der Waals surface area contributed by atoms with Gasteiger partial charge in [-0.1, -0.05) is 15.9 Å². The largest absolute Gasteiger partial charge is 0.356 e. The molecule has 0 saturated carbocycles. The molecule has 2 aromatic rings. The molecule has 0 radical (unpaired) electrons. The molecule has 1 aromatic heterocycles. The molecule has 0 atom stereocenters. The fourth-order valence-electron chi connectivity index (χ4n) is 2.42. The molecule has 0 spiro atoms. The number of pyridine rings is 1. The number of hydrogen-bond donors (Lipinski definition) is 0. The number of aldehydes is 1. The van der Waals surface area contributed by atoms with Crippen LogP contribution in [0.4, 0.5) is 5.82 Å². The smallest absolute Gasteiger partial charge is 0.153 e. The first-order chi connectivity index (χ1) is 8.78. The molecule has 2 heterocycles. The Kier molecular flexibility index (Phi) is 3.04. The van der Waals surface area contributed by atoms with E-state index in [0.717, 1.165) is 40.6 Å². The van der Waals surface area contributed by atoms with Crippen molar-refractivity contribution in [2.45, 2.75) is 12.8 Å². The number of hydrogen-bond acceptors (Lipinski definition) is 3. The van der Waals surface area contributed by atoms with E-state index in [0.29, 0.717) is 5.56 Å². The highest BCUT2D eigenvalue weighted by Crippen LogP contribution is 2.27. The van der Waals surface area contributed by atoms with E-state index in [2.05, 4.69) is 25.8 Å². The Morgan fingerprint density at radius 2 is 2.00 bits per heavy atom. The van der Waals surface area contributed by atoms with Crippen LogP contribution in [0.1, 0.15) is 23.2 Å². The predicted molar refractivity (Wildman–Crippen MR) is 76.3 cm³/mol. The van der Waals surface area contributed by atoms with E-state index in [1.165, 1.54) is 12.8 Å². The summed E-state index contributed by atoms with van der Waals surface area (Å²) in [5, 5.41) is 0.995. The molecule has 3 nitrogen and oxygen atoms in total. The van der Waals surface area contributed by atoms with Crippen molar-refractivity contribution in [3.63, 3.8) is 0 Å². The topological polar surface area (TPSA) is 33.2 Å². The predicted octanol–water partition coefficient (Wildman–Crippen LogP) is 3.41. The first-order valence-corrected chi connectivity index (χ1v) is 6.88. The summed E-state index contributed by atoms with van der Waals surface area (Å²) in [4.78, 5) is 18.1. The van der Waals surface area contributed by atoms with Gasteiger partial charge in [-0.25, -0.2) is 4.98 Å². The van der Waals surface area contributed by atoms with Crippen LogP contribution in [0.5, 0.6) is 0 Å². The molecule has 0 bridgehead atoms. The van der Waals surface area contributed by atoms with Crippen molar-refractivity contribution < 1.29 is 4.79 Å². The second-order valence-electron chi connectivity index (χ2n) is 4.55. The average molecular weight is 305 g/mol. The highest BCUT2D eigenvalue weighted by Gasteiger charge is 2.17. The zero-order valence-electron chi connectivity index (χ0n) is 9.90. The first kappa shape index (κ1) is 11.7. The van der Waals surface area contributed by atoms with E-state index >= 15 is 0 Å². The maximum atomic E-state index is 11.2. The lowest BCUT2D eigenvalue weighted by Gasteiger charge is -2.18. The Balaban J connectivity index is 2.17. The van der Waals surface area contributed by atoms with E-state index in [1.807, 2.05) is 24.3 Å². The average Bonchev–Trinajstić information content (AvgIpc) is 2.90. The van der Waals surface area contributed by atoms with Gasteiger partial charge in [0.25, 0.3) is 0 Å². The molecular formula is C14H13BrN2O. The third kappa shape index (κ3) is 2.01. The standard InChI is InChI=1S/C14H13BrN2O/c15-12-3-4-13-10(8-12)7-11(9-18)14(16-13)17-5-1-2-6-17/h3-4,7-9H,1-2,5-6H2. The van der Waals surface area contributed by atoms with E-state index in [4.69, 9.17) is 0 Å². The zero-order valence-corrected chi connectivity index (χ0v) is 11.5. The fourth-order valence-corrected chi connectivity index (χ4v) is 2.80. The number of anilines is 1. The van der Waals surface area contributed by atoms with Crippen LogP contribution in [0.2, 0.25) is 0 Å². The number of carbonyl (C=O) groups excluding carboxylic acids is 1. The normalized spacial score (nSPS) is 15.3. The molecular weight excluding hydrogens is 292 g/mol. The lowest BCUT2D eigenvalue weighted by atomic mass is 10.1. The Morgan fingerprint density at radius 1 is 1.22 bits per heavy atom. The fraction of sp³-hybridized carbons (Fsp3) is 0.286. The van der Waals surface area contributed by atoms with Crippen molar-refractivity contribution in [1.29, 1.82) is 0 Å². The van der Waals surface area contributed by atoms with Gasteiger partial charge in [0.2, 0.25) is 0 Å². The number of rotatable bonds is 2. The summed E-state index contributed by atoms with van der Waals surface area (Å²) in [6.45, 7) is 1.99. The summed E-state index contributed by atoms with van der Waals surface area (Å²) in [5.41, 5.74) is 1.62. The summed E-state index contributed by atoms with van der Waals surface area (Å²) in [6, 6.07) is 7.87. The SMILES string of the molecule is O=Cc1cc2cc(Br)ccc2nc1N1CCCC1. The van der Waals surface area contributed by atoms with Crippen molar-refractivity contribution in [2.75, 3.05) is 18.0 Å².